The van der Waals surface area contributed by atoms with Crippen LogP contribution in [0.4, 0.5) is 0 Å². The van der Waals surface area contributed by atoms with Gasteiger partial charge >= 0.3 is 0 Å². The highest BCUT2D eigenvalue weighted by Crippen LogP contribution is 2.27. The number of hydrogen-bond donors (Lipinski definition) is 1. The van der Waals surface area contributed by atoms with Crippen molar-refractivity contribution in [1.82, 2.24) is 5.43 Å². The van der Waals surface area contributed by atoms with E-state index in [1.165, 1.54) is 6.21 Å². The predicted octanol–water partition coefficient (Wildman–Crippen LogP) is 2.42. The van der Waals surface area contributed by atoms with Crippen LogP contribution in [0.3, 0.4) is 0 Å². The van der Waals surface area contributed by atoms with Crippen molar-refractivity contribution >= 4 is 44.8 Å². The molecule has 0 heterocycles. The van der Waals surface area contributed by atoms with E-state index in [0.29, 0.717) is 11.3 Å². The second-order valence-corrected chi connectivity index (χ2v) is 6.77. The van der Waals surface area contributed by atoms with Gasteiger partial charge in [0.1, 0.15) is 12.4 Å². The van der Waals surface area contributed by atoms with Gasteiger partial charge in [0.25, 0.3) is 0 Å². The second-order valence-electron chi connectivity index (χ2n) is 5.92. The third kappa shape index (κ3) is 4.95. The van der Waals surface area contributed by atoms with Crippen molar-refractivity contribution in [3.05, 3.63) is 76.3 Å². The number of aliphatic carboxylic acids is 1. The van der Waals surface area contributed by atoms with Crippen LogP contribution in [-0.4, -0.2) is 24.7 Å². The van der Waals surface area contributed by atoms with Gasteiger partial charge < -0.3 is 14.6 Å². The number of para-hydroxylation sites is 1. The smallest absolute Gasteiger partial charge is 0.244 e. The van der Waals surface area contributed by atoms with Crippen molar-refractivity contribution in [3.63, 3.8) is 0 Å². The summed E-state index contributed by atoms with van der Waals surface area (Å²) in [4.78, 5) is 22.8. The Bertz CT molecular complexity index is 1050. The molecule has 28 heavy (non-hydrogen) atoms. The molecule has 0 aliphatic rings. The largest absolute Gasteiger partial charge is 0.546 e. The molecule has 6 nitrogen and oxygen atoms in total. The summed E-state index contributed by atoms with van der Waals surface area (Å²) in [5.41, 5.74) is 3.92. The van der Waals surface area contributed by atoms with Crippen molar-refractivity contribution in [3.8, 4) is 5.75 Å². The normalized spacial score (nSPS) is 10.9. The molecular weight excluding hydrogens is 424 g/mol. The lowest BCUT2D eigenvalue weighted by Gasteiger charge is -2.09. The first kappa shape index (κ1) is 19.6. The lowest BCUT2D eigenvalue weighted by molar-refractivity contribution is -0.307. The molecule has 0 radical (unpaired) electrons. The number of fused-ring (bicyclic) bond motifs is 1. The Hall–Kier alpha value is -3.19. The van der Waals surface area contributed by atoms with Crippen LogP contribution in [-0.2, 0) is 16.0 Å². The van der Waals surface area contributed by atoms with Gasteiger partial charge in [-0.25, -0.2) is 5.43 Å². The lowest BCUT2D eigenvalue weighted by atomic mass is 10.0. The quantitative estimate of drug-likeness (QED) is 0.452. The SMILES string of the molecule is O=C([O-])COc1ccccc1/C=N\NC(=O)Cc1ccc(Br)c2ccccc12. The number of carbonyl (C=O) groups is 2. The van der Waals surface area contributed by atoms with Crippen molar-refractivity contribution in [2.45, 2.75) is 6.42 Å². The van der Waals surface area contributed by atoms with Crippen LogP contribution in [0.5, 0.6) is 5.75 Å². The van der Waals surface area contributed by atoms with E-state index in [2.05, 4.69) is 26.5 Å². The van der Waals surface area contributed by atoms with Crippen LogP contribution in [0.1, 0.15) is 11.1 Å². The first-order valence-electron chi connectivity index (χ1n) is 8.44. The molecule has 0 bridgehead atoms. The topological polar surface area (TPSA) is 90.8 Å². The van der Waals surface area contributed by atoms with Crippen LogP contribution in [0, 0.1) is 0 Å². The Morgan fingerprint density at radius 1 is 1.04 bits per heavy atom. The molecule has 142 valence electrons. The molecule has 0 saturated heterocycles. The van der Waals surface area contributed by atoms with Crippen LogP contribution in [0.2, 0.25) is 0 Å². The fourth-order valence-electron chi connectivity index (χ4n) is 2.72. The van der Waals surface area contributed by atoms with Crippen molar-refractivity contribution in [1.29, 1.82) is 0 Å². The zero-order chi connectivity index (χ0) is 19.9. The Labute approximate surface area is 170 Å². The van der Waals surface area contributed by atoms with Gasteiger partial charge in [-0.2, -0.15) is 5.10 Å². The number of hydrogen-bond acceptors (Lipinski definition) is 5. The molecule has 0 aliphatic carbocycles. The Morgan fingerprint density at radius 2 is 1.75 bits per heavy atom. The molecule has 0 saturated carbocycles. The fraction of sp³-hybridized carbons (Fsp3) is 0.0952. The van der Waals surface area contributed by atoms with Crippen molar-refractivity contribution < 1.29 is 19.4 Å². The molecule has 7 heteroatoms. The third-order valence-corrected chi connectivity index (χ3v) is 4.66. The number of amides is 1. The molecule has 0 unspecified atom stereocenters. The van der Waals surface area contributed by atoms with Gasteiger partial charge in [-0.15, -0.1) is 0 Å². The monoisotopic (exact) mass is 439 g/mol. The number of nitrogens with zero attached hydrogens (tertiary/aromatic N) is 1. The van der Waals surface area contributed by atoms with Crippen molar-refractivity contribution in [2.24, 2.45) is 5.10 Å². The summed E-state index contributed by atoms with van der Waals surface area (Å²) in [5.74, 6) is -1.25. The highest BCUT2D eigenvalue weighted by Gasteiger charge is 2.08. The minimum absolute atomic E-state index is 0.175. The minimum Gasteiger partial charge on any atom is -0.546 e. The zero-order valence-electron chi connectivity index (χ0n) is 14.7. The first-order chi connectivity index (χ1) is 13.5. The van der Waals surface area contributed by atoms with Crippen LogP contribution in [0.15, 0.2) is 70.2 Å². The van der Waals surface area contributed by atoms with Gasteiger partial charge in [0.2, 0.25) is 5.91 Å². The molecule has 3 aromatic rings. The van der Waals surface area contributed by atoms with Crippen LogP contribution < -0.4 is 15.3 Å². The fourth-order valence-corrected chi connectivity index (χ4v) is 3.20. The number of ether oxygens (including phenoxy) is 1. The maximum Gasteiger partial charge on any atom is 0.244 e. The number of carboxylic acids is 1. The average molecular weight is 440 g/mol. The zero-order valence-corrected chi connectivity index (χ0v) is 16.3. The van der Waals surface area contributed by atoms with E-state index in [-0.39, 0.29) is 12.3 Å². The maximum absolute atomic E-state index is 12.3. The molecule has 3 aromatic carbocycles. The number of carbonyl (C=O) groups excluding carboxylic acids is 2. The molecule has 3 rings (SSSR count). The highest BCUT2D eigenvalue weighted by molar-refractivity contribution is 9.10. The van der Waals surface area contributed by atoms with Gasteiger partial charge in [-0.1, -0.05) is 58.4 Å². The van der Waals surface area contributed by atoms with Gasteiger partial charge in [-0.05, 0) is 34.5 Å². The third-order valence-electron chi connectivity index (χ3n) is 3.97. The predicted molar refractivity (Wildman–Crippen MR) is 108 cm³/mol. The number of benzene rings is 3. The van der Waals surface area contributed by atoms with Gasteiger partial charge in [0, 0.05) is 10.0 Å². The van der Waals surface area contributed by atoms with Crippen LogP contribution >= 0.6 is 15.9 Å². The second kappa shape index (κ2) is 9.14. The molecule has 1 N–H and O–H groups in total. The molecule has 0 aromatic heterocycles. The van der Waals surface area contributed by atoms with E-state index < -0.39 is 12.6 Å². The summed E-state index contributed by atoms with van der Waals surface area (Å²) >= 11 is 3.52. The van der Waals surface area contributed by atoms with E-state index in [0.717, 1.165) is 20.8 Å². The molecule has 0 spiro atoms. The Balaban J connectivity index is 1.67. The number of halogens is 1. The Morgan fingerprint density at radius 3 is 2.54 bits per heavy atom. The number of rotatable bonds is 7. The van der Waals surface area contributed by atoms with Gasteiger partial charge in [-0.3, -0.25) is 4.79 Å². The van der Waals surface area contributed by atoms with E-state index >= 15 is 0 Å². The number of nitrogens with one attached hydrogen (secondary N) is 1. The molecule has 0 atom stereocenters. The first-order valence-corrected chi connectivity index (χ1v) is 9.23. The standard InChI is InChI=1S/C21H17BrN2O4/c22-18-10-9-14(16-6-2-3-7-17(16)18)11-20(25)24-23-12-15-5-1-4-8-19(15)28-13-21(26)27/h1-10,12H,11,13H2,(H,24,25)(H,26,27)/p-1/b23-12-. The number of hydrazone groups is 1. The van der Waals surface area contributed by atoms with Crippen molar-refractivity contribution in [2.75, 3.05) is 6.61 Å². The number of carboxylic acid groups (broad SMARTS) is 1. The summed E-state index contributed by atoms with van der Waals surface area (Å²) in [6, 6.07) is 18.4. The summed E-state index contributed by atoms with van der Waals surface area (Å²) in [7, 11) is 0. The molecule has 0 fully saturated rings. The van der Waals surface area contributed by atoms with E-state index in [1.807, 2.05) is 36.4 Å². The summed E-state index contributed by atoms with van der Waals surface area (Å²) in [5, 5.41) is 16.5. The molecular formula is C21H16BrN2O4-. The molecule has 1 amide bonds. The summed E-state index contributed by atoms with van der Waals surface area (Å²) in [6.07, 6.45) is 1.58. The van der Waals surface area contributed by atoms with Gasteiger partial charge in [0.15, 0.2) is 0 Å². The molecule has 0 aliphatic heterocycles. The average Bonchev–Trinajstić information content (AvgIpc) is 2.69. The van der Waals surface area contributed by atoms with Gasteiger partial charge in [0.05, 0.1) is 18.6 Å². The summed E-state index contributed by atoms with van der Waals surface area (Å²) in [6.45, 7) is -0.562. The van der Waals surface area contributed by atoms with E-state index in [1.54, 1.807) is 24.3 Å². The minimum atomic E-state index is -1.32. The lowest BCUT2D eigenvalue weighted by Crippen LogP contribution is -2.29. The van der Waals surface area contributed by atoms with E-state index in [4.69, 9.17) is 4.74 Å². The maximum atomic E-state index is 12.3. The van der Waals surface area contributed by atoms with Crippen LogP contribution in [0.25, 0.3) is 10.8 Å². The Kier molecular flexibility index (Phi) is 6.39. The van der Waals surface area contributed by atoms with E-state index in [9.17, 15) is 14.7 Å². The summed E-state index contributed by atoms with van der Waals surface area (Å²) < 4.78 is 6.11. The highest BCUT2D eigenvalue weighted by atomic mass is 79.9.